The summed E-state index contributed by atoms with van der Waals surface area (Å²) in [6, 6.07) is 7.64. The zero-order valence-corrected chi connectivity index (χ0v) is 12.4. The van der Waals surface area contributed by atoms with Crippen LogP contribution in [0, 0.1) is 25.2 Å². The third-order valence-corrected chi connectivity index (χ3v) is 3.03. The summed E-state index contributed by atoms with van der Waals surface area (Å²) < 4.78 is -0.391. The van der Waals surface area contributed by atoms with Gasteiger partial charge in [-0.1, -0.05) is 46.1 Å². The maximum absolute atomic E-state index is 9.01. The predicted octanol–water partition coefficient (Wildman–Crippen LogP) is 3.58. The van der Waals surface area contributed by atoms with Crippen LogP contribution in [0.25, 0.3) is 5.69 Å². The molecule has 0 unspecified atom stereocenters. The molecule has 0 spiro atoms. The quantitative estimate of drug-likeness (QED) is 0.756. The minimum absolute atomic E-state index is 0.000779. The molecule has 0 saturated heterocycles. The molecular weight excluding hydrogens is 307 g/mol. The summed E-state index contributed by atoms with van der Waals surface area (Å²) in [6.07, 6.45) is 0. The maximum atomic E-state index is 9.01. The van der Waals surface area contributed by atoms with Crippen molar-refractivity contribution in [1.29, 1.82) is 5.26 Å². The second-order valence-corrected chi connectivity index (χ2v) is 6.44. The molecule has 0 radical (unpaired) electrons. The monoisotopic (exact) mass is 314 g/mol. The first-order chi connectivity index (χ1) is 8.82. The summed E-state index contributed by atoms with van der Waals surface area (Å²) in [4.78, 5) is 0. The van der Waals surface area contributed by atoms with Crippen LogP contribution in [-0.4, -0.2) is 15.0 Å². The zero-order valence-electron chi connectivity index (χ0n) is 10.2. The maximum Gasteiger partial charge on any atom is 0.235 e. The molecule has 0 N–H and O–H groups in total. The SMILES string of the molecule is Cc1cc(C)cc(-n2nnc(C#N)c2C(Cl)(Cl)Cl)c1. The normalized spacial score (nSPS) is 11.4. The first-order valence-electron chi connectivity index (χ1n) is 5.34. The Labute approximate surface area is 125 Å². The molecule has 1 aromatic heterocycles. The van der Waals surface area contributed by atoms with Crippen molar-refractivity contribution in [2.24, 2.45) is 0 Å². The Morgan fingerprint density at radius 2 is 1.74 bits per heavy atom. The van der Waals surface area contributed by atoms with E-state index in [1.165, 1.54) is 4.68 Å². The smallest absolute Gasteiger partial charge is 0.212 e. The van der Waals surface area contributed by atoms with Gasteiger partial charge in [-0.05, 0) is 37.1 Å². The van der Waals surface area contributed by atoms with Crippen molar-refractivity contribution >= 4 is 34.8 Å². The van der Waals surface area contributed by atoms with Crippen LogP contribution < -0.4 is 0 Å². The topological polar surface area (TPSA) is 54.5 Å². The molecule has 98 valence electrons. The van der Waals surface area contributed by atoms with Crippen LogP contribution >= 0.6 is 34.8 Å². The first-order valence-corrected chi connectivity index (χ1v) is 6.48. The van der Waals surface area contributed by atoms with Gasteiger partial charge < -0.3 is 0 Å². The van der Waals surface area contributed by atoms with Crippen molar-refractivity contribution in [3.8, 4) is 11.8 Å². The van der Waals surface area contributed by atoms with E-state index in [0.717, 1.165) is 11.1 Å². The lowest BCUT2D eigenvalue weighted by Gasteiger charge is -2.14. The van der Waals surface area contributed by atoms with E-state index >= 15 is 0 Å². The third-order valence-electron chi connectivity index (χ3n) is 2.50. The van der Waals surface area contributed by atoms with E-state index in [1.54, 1.807) is 0 Å². The van der Waals surface area contributed by atoms with Gasteiger partial charge in [0, 0.05) is 0 Å². The zero-order chi connectivity index (χ0) is 14.2. The molecule has 0 amide bonds. The molecule has 0 aliphatic heterocycles. The van der Waals surface area contributed by atoms with Crippen LogP contribution in [0.2, 0.25) is 0 Å². The van der Waals surface area contributed by atoms with Crippen molar-refractivity contribution in [3.63, 3.8) is 0 Å². The summed E-state index contributed by atoms with van der Waals surface area (Å²) in [7, 11) is 0. The standard InChI is InChI=1S/C12H9Cl3N4/c1-7-3-8(2)5-9(4-7)19-11(12(13,14)15)10(6-16)17-18-19/h3-5H,1-2H3. The summed E-state index contributed by atoms with van der Waals surface area (Å²) >= 11 is 17.7. The van der Waals surface area contributed by atoms with Gasteiger partial charge in [0.2, 0.25) is 3.79 Å². The van der Waals surface area contributed by atoms with Crippen LogP contribution in [0.1, 0.15) is 22.5 Å². The lowest BCUT2D eigenvalue weighted by atomic mass is 10.1. The summed E-state index contributed by atoms with van der Waals surface area (Å²) in [5.74, 6) is 0. The number of aryl methyl sites for hydroxylation is 2. The van der Waals surface area contributed by atoms with Crippen LogP contribution in [0.3, 0.4) is 0 Å². The number of rotatable bonds is 1. The van der Waals surface area contributed by atoms with Crippen LogP contribution in [-0.2, 0) is 3.79 Å². The molecule has 7 heteroatoms. The Morgan fingerprint density at radius 1 is 1.16 bits per heavy atom. The van der Waals surface area contributed by atoms with E-state index in [4.69, 9.17) is 40.1 Å². The molecule has 0 atom stereocenters. The highest BCUT2D eigenvalue weighted by Crippen LogP contribution is 2.40. The lowest BCUT2D eigenvalue weighted by Crippen LogP contribution is -2.12. The van der Waals surface area contributed by atoms with Crippen LogP contribution in [0.15, 0.2) is 18.2 Å². The minimum Gasteiger partial charge on any atom is -0.212 e. The second kappa shape index (κ2) is 5.01. The largest absolute Gasteiger partial charge is 0.235 e. The number of nitrogens with zero attached hydrogens (tertiary/aromatic N) is 4. The number of halogens is 3. The number of hydrogen-bond donors (Lipinski definition) is 0. The van der Waals surface area contributed by atoms with Gasteiger partial charge in [0.1, 0.15) is 11.8 Å². The molecule has 0 aliphatic carbocycles. The number of nitriles is 1. The van der Waals surface area contributed by atoms with Crippen LogP contribution in [0.5, 0.6) is 0 Å². The Balaban J connectivity index is 2.70. The highest BCUT2D eigenvalue weighted by Gasteiger charge is 2.33. The van der Waals surface area contributed by atoms with E-state index in [0.29, 0.717) is 5.69 Å². The fourth-order valence-corrected chi connectivity index (χ4v) is 2.37. The van der Waals surface area contributed by atoms with E-state index in [1.807, 2.05) is 38.1 Å². The fraction of sp³-hybridized carbons (Fsp3) is 0.250. The Morgan fingerprint density at radius 3 is 2.21 bits per heavy atom. The Hall–Kier alpha value is -1.28. The molecule has 2 rings (SSSR count). The number of benzene rings is 1. The third kappa shape index (κ3) is 2.84. The first kappa shape index (κ1) is 14.1. The Bertz CT molecular complexity index is 644. The average molecular weight is 316 g/mol. The van der Waals surface area contributed by atoms with Crippen molar-refractivity contribution in [1.82, 2.24) is 15.0 Å². The van der Waals surface area contributed by atoms with E-state index < -0.39 is 3.79 Å². The lowest BCUT2D eigenvalue weighted by molar-refractivity contribution is 0.769. The molecule has 0 saturated carbocycles. The minimum atomic E-state index is -1.77. The van der Waals surface area contributed by atoms with Crippen molar-refractivity contribution in [2.45, 2.75) is 17.6 Å². The molecule has 0 aliphatic rings. The summed E-state index contributed by atoms with van der Waals surface area (Å²) in [5.41, 5.74) is 2.93. The molecule has 0 bridgehead atoms. The average Bonchev–Trinajstić information content (AvgIpc) is 2.70. The van der Waals surface area contributed by atoms with Crippen molar-refractivity contribution in [2.75, 3.05) is 0 Å². The second-order valence-electron chi connectivity index (χ2n) is 4.15. The van der Waals surface area contributed by atoms with Gasteiger partial charge in [0.25, 0.3) is 0 Å². The van der Waals surface area contributed by atoms with E-state index in [9.17, 15) is 0 Å². The summed E-state index contributed by atoms with van der Waals surface area (Å²) in [5, 5.41) is 16.6. The van der Waals surface area contributed by atoms with Gasteiger partial charge in [-0.25, -0.2) is 4.68 Å². The van der Waals surface area contributed by atoms with Gasteiger partial charge in [-0.2, -0.15) is 5.26 Å². The highest BCUT2D eigenvalue weighted by molar-refractivity contribution is 6.66. The molecule has 1 aromatic carbocycles. The fourth-order valence-electron chi connectivity index (χ4n) is 1.87. The van der Waals surface area contributed by atoms with E-state index in [2.05, 4.69) is 10.3 Å². The number of hydrogen-bond acceptors (Lipinski definition) is 3. The Kier molecular flexibility index (Phi) is 3.73. The molecule has 0 fully saturated rings. The molecule has 2 aromatic rings. The summed E-state index contributed by atoms with van der Waals surface area (Å²) in [6.45, 7) is 3.90. The van der Waals surface area contributed by atoms with Crippen molar-refractivity contribution in [3.05, 3.63) is 40.7 Å². The molecular formula is C12H9Cl3N4. The van der Waals surface area contributed by atoms with Gasteiger partial charge in [-0.15, -0.1) is 5.10 Å². The van der Waals surface area contributed by atoms with Crippen molar-refractivity contribution < 1.29 is 0 Å². The van der Waals surface area contributed by atoms with Gasteiger partial charge in [0.15, 0.2) is 5.69 Å². The molecule has 1 heterocycles. The van der Waals surface area contributed by atoms with Gasteiger partial charge in [0.05, 0.1) is 5.69 Å². The number of aromatic nitrogens is 3. The van der Waals surface area contributed by atoms with Crippen LogP contribution in [0.4, 0.5) is 0 Å². The van der Waals surface area contributed by atoms with Gasteiger partial charge >= 0.3 is 0 Å². The van der Waals surface area contributed by atoms with Gasteiger partial charge in [-0.3, -0.25) is 0 Å². The van der Waals surface area contributed by atoms with E-state index in [-0.39, 0.29) is 11.4 Å². The predicted molar refractivity (Wildman–Crippen MR) is 74.8 cm³/mol. The molecule has 19 heavy (non-hydrogen) atoms. The highest BCUT2D eigenvalue weighted by atomic mass is 35.6. The number of alkyl halides is 3. The molecule has 4 nitrogen and oxygen atoms in total.